The minimum atomic E-state index is 0.0544. The van der Waals surface area contributed by atoms with E-state index in [2.05, 4.69) is 29.3 Å². The van der Waals surface area contributed by atoms with Gasteiger partial charge in [0.15, 0.2) is 0 Å². The van der Waals surface area contributed by atoms with Crippen molar-refractivity contribution in [2.24, 2.45) is 0 Å². The van der Waals surface area contributed by atoms with E-state index in [0.717, 1.165) is 38.3 Å². The van der Waals surface area contributed by atoms with Crippen LogP contribution in [0.2, 0.25) is 0 Å². The fraction of sp³-hybridized carbons (Fsp3) is 0.562. The molecule has 1 N–H and O–H groups in total. The second-order valence-corrected chi connectivity index (χ2v) is 5.43. The van der Waals surface area contributed by atoms with Crippen LogP contribution >= 0.6 is 0 Å². The lowest BCUT2D eigenvalue weighted by atomic mass is 10.2. The number of rotatable bonds is 4. The highest BCUT2D eigenvalue weighted by Gasteiger charge is 2.21. The van der Waals surface area contributed by atoms with Gasteiger partial charge in [-0.2, -0.15) is 0 Å². The van der Waals surface area contributed by atoms with Gasteiger partial charge >= 0.3 is 6.03 Å². The van der Waals surface area contributed by atoms with Gasteiger partial charge in [-0.15, -0.1) is 0 Å². The molecule has 1 saturated heterocycles. The second-order valence-electron chi connectivity index (χ2n) is 5.43. The number of nitrogens with one attached hydrogen (secondary N) is 1. The zero-order valence-electron chi connectivity index (χ0n) is 13.1. The number of piperazine rings is 1. The van der Waals surface area contributed by atoms with Crippen molar-refractivity contribution in [3.63, 3.8) is 0 Å². The zero-order valence-corrected chi connectivity index (χ0v) is 13.1. The fourth-order valence-electron chi connectivity index (χ4n) is 2.36. The fourth-order valence-corrected chi connectivity index (χ4v) is 2.36. The van der Waals surface area contributed by atoms with Gasteiger partial charge in [0.05, 0.1) is 7.11 Å². The maximum Gasteiger partial charge on any atom is 0.317 e. The number of amides is 2. The van der Waals surface area contributed by atoms with E-state index in [1.54, 1.807) is 7.11 Å². The first-order chi connectivity index (χ1) is 10.1. The quantitative estimate of drug-likeness (QED) is 0.926. The molecular formula is C16H25N3O2. The third-order valence-corrected chi connectivity index (χ3v) is 3.99. The summed E-state index contributed by atoms with van der Waals surface area (Å²) in [5, 5.41) is 3.02. The van der Waals surface area contributed by atoms with Crippen LogP contribution in [0, 0.1) is 0 Å². The van der Waals surface area contributed by atoms with Gasteiger partial charge in [-0.1, -0.05) is 6.92 Å². The molecule has 0 aliphatic carbocycles. The van der Waals surface area contributed by atoms with Crippen molar-refractivity contribution in [3.05, 3.63) is 24.3 Å². The molecule has 1 atom stereocenters. The SMILES string of the molecule is CC[C@@H](C)NC(=O)N1CCN(c2ccc(OC)cc2)CC1. The number of nitrogens with zero attached hydrogens (tertiary/aromatic N) is 2. The molecule has 0 radical (unpaired) electrons. The zero-order chi connectivity index (χ0) is 15.2. The van der Waals surface area contributed by atoms with E-state index in [9.17, 15) is 4.79 Å². The molecule has 1 aliphatic heterocycles. The predicted molar refractivity (Wildman–Crippen MR) is 85.1 cm³/mol. The van der Waals surface area contributed by atoms with E-state index in [-0.39, 0.29) is 12.1 Å². The molecule has 0 bridgehead atoms. The normalized spacial score (nSPS) is 16.5. The summed E-state index contributed by atoms with van der Waals surface area (Å²) in [6.07, 6.45) is 0.956. The lowest BCUT2D eigenvalue weighted by molar-refractivity contribution is 0.191. The number of methoxy groups -OCH3 is 1. The minimum Gasteiger partial charge on any atom is -0.497 e. The Morgan fingerprint density at radius 1 is 1.24 bits per heavy atom. The number of benzene rings is 1. The summed E-state index contributed by atoms with van der Waals surface area (Å²) in [5.74, 6) is 0.866. The molecule has 1 aromatic carbocycles. The van der Waals surface area contributed by atoms with Gasteiger partial charge in [0, 0.05) is 37.9 Å². The van der Waals surface area contributed by atoms with Crippen molar-refractivity contribution in [1.82, 2.24) is 10.2 Å². The van der Waals surface area contributed by atoms with Gasteiger partial charge in [0.2, 0.25) is 0 Å². The first-order valence-corrected chi connectivity index (χ1v) is 7.58. The molecule has 2 rings (SSSR count). The Bertz CT molecular complexity index is 453. The first kappa shape index (κ1) is 15.5. The standard InChI is InChI=1S/C16H25N3O2/c1-4-13(2)17-16(20)19-11-9-18(10-12-19)14-5-7-15(21-3)8-6-14/h5-8,13H,4,9-12H2,1-3H3,(H,17,20)/t13-/m1/s1. The van der Waals surface area contributed by atoms with Crippen molar-refractivity contribution in [2.75, 3.05) is 38.2 Å². The summed E-state index contributed by atoms with van der Waals surface area (Å²) >= 11 is 0. The lowest BCUT2D eigenvalue weighted by Crippen LogP contribution is -2.53. The highest BCUT2D eigenvalue weighted by Crippen LogP contribution is 2.20. The smallest absolute Gasteiger partial charge is 0.317 e. The van der Waals surface area contributed by atoms with Crippen LogP contribution in [-0.2, 0) is 0 Å². The summed E-state index contributed by atoms with van der Waals surface area (Å²) in [6.45, 7) is 7.35. The highest BCUT2D eigenvalue weighted by atomic mass is 16.5. The first-order valence-electron chi connectivity index (χ1n) is 7.58. The van der Waals surface area contributed by atoms with Crippen LogP contribution in [0.5, 0.6) is 5.75 Å². The van der Waals surface area contributed by atoms with Crippen LogP contribution in [0.1, 0.15) is 20.3 Å². The topological polar surface area (TPSA) is 44.8 Å². The third kappa shape index (κ3) is 4.03. The molecule has 0 unspecified atom stereocenters. The second kappa shape index (κ2) is 7.20. The van der Waals surface area contributed by atoms with Crippen molar-refractivity contribution < 1.29 is 9.53 Å². The van der Waals surface area contributed by atoms with Crippen molar-refractivity contribution >= 4 is 11.7 Å². The molecule has 5 nitrogen and oxygen atoms in total. The monoisotopic (exact) mass is 291 g/mol. The van der Waals surface area contributed by atoms with Gasteiger partial charge in [-0.05, 0) is 37.6 Å². The Labute approximate surface area is 126 Å². The van der Waals surface area contributed by atoms with Crippen molar-refractivity contribution in [3.8, 4) is 5.75 Å². The Hall–Kier alpha value is -1.91. The largest absolute Gasteiger partial charge is 0.497 e. The Morgan fingerprint density at radius 3 is 2.38 bits per heavy atom. The van der Waals surface area contributed by atoms with E-state index in [1.807, 2.05) is 24.0 Å². The van der Waals surface area contributed by atoms with Crippen LogP contribution in [0.3, 0.4) is 0 Å². The minimum absolute atomic E-state index is 0.0544. The van der Waals surface area contributed by atoms with E-state index in [4.69, 9.17) is 4.74 Å². The van der Waals surface area contributed by atoms with Crippen molar-refractivity contribution in [1.29, 1.82) is 0 Å². The predicted octanol–water partition coefficient (Wildman–Crippen LogP) is 2.33. The molecule has 21 heavy (non-hydrogen) atoms. The average molecular weight is 291 g/mol. The van der Waals surface area contributed by atoms with E-state index in [1.165, 1.54) is 5.69 Å². The van der Waals surface area contributed by atoms with E-state index in [0.29, 0.717) is 0 Å². The van der Waals surface area contributed by atoms with E-state index < -0.39 is 0 Å². The molecule has 116 valence electrons. The number of hydrogen-bond donors (Lipinski definition) is 1. The molecule has 0 spiro atoms. The molecular weight excluding hydrogens is 266 g/mol. The summed E-state index contributed by atoms with van der Waals surface area (Å²) in [5.41, 5.74) is 1.18. The summed E-state index contributed by atoms with van der Waals surface area (Å²) in [7, 11) is 1.67. The van der Waals surface area contributed by atoms with Crippen LogP contribution in [0.4, 0.5) is 10.5 Å². The Balaban J connectivity index is 1.86. The molecule has 1 heterocycles. The molecule has 1 fully saturated rings. The van der Waals surface area contributed by atoms with Gasteiger partial charge in [0.25, 0.3) is 0 Å². The molecule has 1 aliphatic rings. The Kier molecular flexibility index (Phi) is 5.31. The number of carbonyl (C=O) groups is 1. The van der Waals surface area contributed by atoms with Crippen LogP contribution < -0.4 is 15.0 Å². The van der Waals surface area contributed by atoms with Gasteiger partial charge < -0.3 is 19.9 Å². The van der Waals surface area contributed by atoms with Crippen molar-refractivity contribution in [2.45, 2.75) is 26.3 Å². The molecule has 0 saturated carbocycles. The van der Waals surface area contributed by atoms with Gasteiger partial charge in [-0.25, -0.2) is 4.79 Å². The highest BCUT2D eigenvalue weighted by molar-refractivity contribution is 5.74. The van der Waals surface area contributed by atoms with Crippen LogP contribution in [-0.4, -0.2) is 50.3 Å². The van der Waals surface area contributed by atoms with E-state index >= 15 is 0 Å². The number of anilines is 1. The molecule has 5 heteroatoms. The van der Waals surface area contributed by atoms with Gasteiger partial charge in [0.1, 0.15) is 5.75 Å². The maximum atomic E-state index is 12.1. The maximum absolute atomic E-state index is 12.1. The summed E-state index contributed by atoms with van der Waals surface area (Å²) < 4.78 is 5.17. The number of urea groups is 1. The average Bonchev–Trinajstić information content (AvgIpc) is 2.55. The third-order valence-electron chi connectivity index (χ3n) is 3.99. The lowest BCUT2D eigenvalue weighted by Gasteiger charge is -2.36. The molecule has 2 amide bonds. The Morgan fingerprint density at radius 2 is 1.86 bits per heavy atom. The molecule has 0 aromatic heterocycles. The summed E-state index contributed by atoms with van der Waals surface area (Å²) in [4.78, 5) is 16.3. The molecule has 1 aromatic rings. The van der Waals surface area contributed by atoms with Crippen LogP contribution in [0.25, 0.3) is 0 Å². The number of carbonyl (C=O) groups excluding carboxylic acids is 1. The number of ether oxygens (including phenoxy) is 1. The summed E-state index contributed by atoms with van der Waals surface area (Å²) in [6, 6.07) is 8.35. The van der Waals surface area contributed by atoms with Crippen LogP contribution in [0.15, 0.2) is 24.3 Å². The van der Waals surface area contributed by atoms with Gasteiger partial charge in [-0.3, -0.25) is 0 Å². The number of hydrogen-bond acceptors (Lipinski definition) is 3.